The van der Waals surface area contributed by atoms with Crippen LogP contribution in [0.1, 0.15) is 34.5 Å². The van der Waals surface area contributed by atoms with Crippen LogP contribution in [0.2, 0.25) is 0 Å². The van der Waals surface area contributed by atoms with Crippen LogP contribution in [0.4, 0.5) is 5.82 Å². The van der Waals surface area contributed by atoms with Crippen LogP contribution >= 0.6 is 0 Å². The predicted molar refractivity (Wildman–Crippen MR) is 131 cm³/mol. The van der Waals surface area contributed by atoms with Crippen molar-refractivity contribution >= 4 is 17.6 Å². The number of rotatable bonds is 5. The summed E-state index contributed by atoms with van der Waals surface area (Å²) in [7, 11) is 0. The summed E-state index contributed by atoms with van der Waals surface area (Å²) in [4.78, 5) is 32.2. The third-order valence-electron chi connectivity index (χ3n) is 6.26. The first-order valence-corrected chi connectivity index (χ1v) is 11.6. The maximum atomic E-state index is 13.4. The summed E-state index contributed by atoms with van der Waals surface area (Å²) in [5.41, 5.74) is 3.28. The van der Waals surface area contributed by atoms with Crippen LogP contribution in [-0.4, -0.2) is 39.9 Å². The van der Waals surface area contributed by atoms with Crippen LogP contribution in [0.3, 0.4) is 0 Å². The summed E-state index contributed by atoms with van der Waals surface area (Å²) in [5, 5.41) is 6.60. The fraction of sp³-hybridized carbons (Fsp3) is 0.259. The molecule has 0 radical (unpaired) electrons. The first-order valence-electron chi connectivity index (χ1n) is 11.6. The Bertz CT molecular complexity index is 1350. The number of hydrogen-bond donors (Lipinski definition) is 1. The monoisotopic (exact) mass is 470 g/mol. The van der Waals surface area contributed by atoms with Crippen LogP contribution < -0.4 is 5.32 Å². The lowest BCUT2D eigenvalue weighted by atomic mass is 9.95. The minimum Gasteiger partial charge on any atom is -0.436 e. The van der Waals surface area contributed by atoms with E-state index in [1.807, 2.05) is 49.4 Å². The summed E-state index contributed by atoms with van der Waals surface area (Å²) in [6, 6.07) is 17.0. The molecule has 0 aliphatic carbocycles. The van der Waals surface area contributed by atoms with Crippen molar-refractivity contribution in [3.05, 3.63) is 77.7 Å². The largest absolute Gasteiger partial charge is 0.436 e. The van der Waals surface area contributed by atoms with Crippen molar-refractivity contribution in [3.8, 4) is 22.8 Å². The zero-order valence-electron chi connectivity index (χ0n) is 19.7. The zero-order chi connectivity index (χ0) is 24.4. The van der Waals surface area contributed by atoms with Crippen molar-refractivity contribution < 1.29 is 18.5 Å². The number of nitrogens with zero attached hydrogens (tertiary/aromatic N) is 3. The molecule has 178 valence electrons. The smallest absolute Gasteiger partial charge is 0.254 e. The Morgan fingerprint density at radius 2 is 1.77 bits per heavy atom. The molecule has 0 saturated carbocycles. The lowest BCUT2D eigenvalue weighted by Crippen LogP contribution is -2.41. The first-order chi connectivity index (χ1) is 17.0. The highest BCUT2D eigenvalue weighted by molar-refractivity contribution is 6.00. The molecule has 4 aromatic rings. The van der Waals surface area contributed by atoms with Gasteiger partial charge in [-0.25, -0.2) is 4.98 Å². The Kier molecular flexibility index (Phi) is 6.18. The van der Waals surface area contributed by atoms with E-state index in [-0.39, 0.29) is 17.7 Å². The van der Waals surface area contributed by atoms with Gasteiger partial charge in [0.25, 0.3) is 5.91 Å². The van der Waals surface area contributed by atoms with E-state index in [0.29, 0.717) is 60.3 Å². The molecular weight excluding hydrogens is 444 g/mol. The molecule has 1 aliphatic heterocycles. The number of aromatic nitrogens is 2. The standard InChI is InChI=1S/C27H26N4O4/c1-17-7-9-19(10-8-17)23-16-28-26(34-23)21-5-3-4-6-22(21)27(33)31-13-11-20(12-14-31)25(32)29-24-15-18(2)35-30-24/h3-10,15-16,20H,11-14H2,1-2H3,(H,29,30,32). The van der Waals surface area contributed by atoms with Gasteiger partial charge >= 0.3 is 0 Å². The maximum absolute atomic E-state index is 13.4. The second-order valence-electron chi connectivity index (χ2n) is 8.82. The summed E-state index contributed by atoms with van der Waals surface area (Å²) < 4.78 is 11.0. The van der Waals surface area contributed by atoms with Crippen molar-refractivity contribution in [2.75, 3.05) is 18.4 Å². The summed E-state index contributed by atoms with van der Waals surface area (Å²) >= 11 is 0. The number of carbonyl (C=O) groups is 2. The molecule has 1 saturated heterocycles. The van der Waals surface area contributed by atoms with Gasteiger partial charge in [0.2, 0.25) is 11.8 Å². The van der Waals surface area contributed by atoms with E-state index in [1.165, 1.54) is 5.56 Å². The SMILES string of the molecule is Cc1ccc(-c2cnc(-c3ccccc3C(=O)N3CCC(C(=O)Nc4cc(C)on4)CC3)o2)cc1. The zero-order valence-corrected chi connectivity index (χ0v) is 19.7. The number of aryl methyl sites for hydroxylation is 2. The molecule has 0 atom stereocenters. The average Bonchev–Trinajstić information content (AvgIpc) is 3.53. The van der Waals surface area contributed by atoms with E-state index in [2.05, 4.69) is 15.5 Å². The molecule has 8 nitrogen and oxygen atoms in total. The third-order valence-corrected chi connectivity index (χ3v) is 6.26. The molecule has 2 aromatic carbocycles. The third kappa shape index (κ3) is 4.87. The van der Waals surface area contributed by atoms with Crippen molar-refractivity contribution in [1.82, 2.24) is 15.0 Å². The molecule has 35 heavy (non-hydrogen) atoms. The lowest BCUT2D eigenvalue weighted by Gasteiger charge is -2.31. The van der Waals surface area contributed by atoms with Gasteiger partial charge in [-0.1, -0.05) is 47.1 Å². The summed E-state index contributed by atoms with van der Waals surface area (Å²) in [6.07, 6.45) is 2.84. The molecule has 1 N–H and O–H groups in total. The lowest BCUT2D eigenvalue weighted by molar-refractivity contribution is -0.121. The van der Waals surface area contributed by atoms with Crippen LogP contribution in [0, 0.1) is 19.8 Å². The predicted octanol–water partition coefficient (Wildman–Crippen LogP) is 5.10. The van der Waals surface area contributed by atoms with Gasteiger partial charge < -0.3 is 19.2 Å². The Labute approximate surface area is 202 Å². The average molecular weight is 471 g/mol. The highest BCUT2D eigenvalue weighted by Gasteiger charge is 2.29. The minimum atomic E-state index is -0.185. The van der Waals surface area contributed by atoms with Gasteiger partial charge in [-0.3, -0.25) is 9.59 Å². The number of nitrogens with one attached hydrogen (secondary N) is 1. The van der Waals surface area contributed by atoms with Gasteiger partial charge in [-0.15, -0.1) is 0 Å². The van der Waals surface area contributed by atoms with E-state index < -0.39 is 0 Å². The van der Waals surface area contributed by atoms with Crippen molar-refractivity contribution in [1.29, 1.82) is 0 Å². The second kappa shape index (κ2) is 9.58. The highest BCUT2D eigenvalue weighted by Crippen LogP contribution is 2.30. The quantitative estimate of drug-likeness (QED) is 0.435. The number of carbonyl (C=O) groups excluding carboxylic acids is 2. The number of piperidine rings is 1. The van der Waals surface area contributed by atoms with Gasteiger partial charge in [0, 0.05) is 36.2 Å². The van der Waals surface area contributed by atoms with Gasteiger partial charge in [0.1, 0.15) is 5.76 Å². The Balaban J connectivity index is 1.27. The molecule has 1 fully saturated rings. The van der Waals surface area contributed by atoms with E-state index in [1.54, 1.807) is 30.2 Å². The van der Waals surface area contributed by atoms with E-state index in [0.717, 1.165) is 5.56 Å². The molecule has 0 spiro atoms. The molecule has 1 aliphatic rings. The summed E-state index contributed by atoms with van der Waals surface area (Å²) in [6.45, 7) is 4.78. The molecule has 2 aromatic heterocycles. The molecule has 2 amide bonds. The number of amides is 2. The van der Waals surface area contributed by atoms with Crippen molar-refractivity contribution in [2.24, 2.45) is 5.92 Å². The molecule has 8 heteroatoms. The number of hydrogen-bond acceptors (Lipinski definition) is 6. The Hall–Kier alpha value is -4.20. The Morgan fingerprint density at radius 3 is 2.49 bits per heavy atom. The molecule has 5 rings (SSSR count). The van der Waals surface area contributed by atoms with Gasteiger partial charge in [-0.05, 0) is 38.8 Å². The molecule has 0 unspecified atom stereocenters. The Morgan fingerprint density at radius 1 is 1.03 bits per heavy atom. The van der Waals surface area contributed by atoms with E-state index in [9.17, 15) is 9.59 Å². The normalized spacial score (nSPS) is 14.2. The molecule has 3 heterocycles. The van der Waals surface area contributed by atoms with Crippen LogP contribution in [-0.2, 0) is 4.79 Å². The number of oxazole rings is 1. The second-order valence-corrected chi connectivity index (χ2v) is 8.82. The fourth-order valence-corrected chi connectivity index (χ4v) is 4.27. The van der Waals surface area contributed by atoms with Crippen LogP contribution in [0.25, 0.3) is 22.8 Å². The van der Waals surface area contributed by atoms with E-state index in [4.69, 9.17) is 8.94 Å². The van der Waals surface area contributed by atoms with Crippen LogP contribution in [0.5, 0.6) is 0 Å². The van der Waals surface area contributed by atoms with Gasteiger partial charge in [-0.2, -0.15) is 0 Å². The first kappa shape index (κ1) is 22.6. The van der Waals surface area contributed by atoms with E-state index >= 15 is 0 Å². The fourth-order valence-electron chi connectivity index (χ4n) is 4.27. The molecule has 0 bridgehead atoms. The van der Waals surface area contributed by atoms with Gasteiger partial charge in [0.05, 0.1) is 11.8 Å². The molecular formula is C27H26N4O4. The number of anilines is 1. The maximum Gasteiger partial charge on any atom is 0.254 e. The topological polar surface area (TPSA) is 101 Å². The van der Waals surface area contributed by atoms with Crippen molar-refractivity contribution in [3.63, 3.8) is 0 Å². The van der Waals surface area contributed by atoms with Crippen LogP contribution in [0.15, 0.2) is 69.7 Å². The number of likely N-dealkylation sites (tertiary alicyclic amines) is 1. The minimum absolute atomic E-state index is 0.0957. The summed E-state index contributed by atoms with van der Waals surface area (Å²) in [5.74, 6) is 1.72. The number of benzene rings is 2. The highest BCUT2D eigenvalue weighted by atomic mass is 16.5. The van der Waals surface area contributed by atoms with Gasteiger partial charge in [0.15, 0.2) is 11.6 Å². The van der Waals surface area contributed by atoms with Crippen molar-refractivity contribution in [2.45, 2.75) is 26.7 Å².